The van der Waals surface area contributed by atoms with Crippen LogP contribution in [0, 0.1) is 6.92 Å². The van der Waals surface area contributed by atoms with Crippen LogP contribution in [0.25, 0.3) is 0 Å². The van der Waals surface area contributed by atoms with Gasteiger partial charge in [-0.3, -0.25) is 9.59 Å². The lowest BCUT2D eigenvalue weighted by Crippen LogP contribution is -2.09. The lowest BCUT2D eigenvalue weighted by Gasteiger charge is -2.14. The van der Waals surface area contributed by atoms with Gasteiger partial charge in [0.25, 0.3) is 0 Å². The van der Waals surface area contributed by atoms with Crippen molar-refractivity contribution in [2.24, 2.45) is 0 Å². The third-order valence-corrected chi connectivity index (χ3v) is 4.67. The van der Waals surface area contributed by atoms with Crippen molar-refractivity contribution >= 4 is 11.8 Å². The van der Waals surface area contributed by atoms with Crippen molar-refractivity contribution in [3.8, 4) is 17.2 Å². The molecule has 3 aromatic carbocycles. The van der Waals surface area contributed by atoms with Crippen molar-refractivity contribution in [3.05, 3.63) is 89.5 Å². The van der Waals surface area contributed by atoms with Crippen LogP contribution in [0.2, 0.25) is 0 Å². The molecule has 0 bridgehead atoms. The van der Waals surface area contributed by atoms with Crippen LogP contribution in [-0.4, -0.2) is 18.4 Å². The Bertz CT molecular complexity index is 1030. The molecule has 0 aliphatic carbocycles. The molecule has 0 saturated carbocycles. The molecular formula is C26H26O5. The second kappa shape index (κ2) is 11.0. The molecule has 3 rings (SSSR count). The molecule has 31 heavy (non-hydrogen) atoms. The van der Waals surface area contributed by atoms with Gasteiger partial charge in [0.2, 0.25) is 0 Å². The molecule has 0 unspecified atom stereocenters. The first-order chi connectivity index (χ1) is 15.1. The van der Waals surface area contributed by atoms with E-state index in [4.69, 9.17) is 14.2 Å². The van der Waals surface area contributed by atoms with Crippen LogP contribution in [0.15, 0.2) is 72.8 Å². The van der Waals surface area contributed by atoms with Crippen molar-refractivity contribution in [2.45, 2.75) is 33.3 Å². The first-order valence-corrected chi connectivity index (χ1v) is 10.3. The lowest BCUT2D eigenvalue weighted by molar-refractivity contribution is -0.143. The number of esters is 1. The minimum Gasteiger partial charge on any atom is -0.488 e. The van der Waals surface area contributed by atoms with Gasteiger partial charge in [0.05, 0.1) is 18.6 Å². The van der Waals surface area contributed by atoms with Gasteiger partial charge in [0.1, 0.15) is 23.9 Å². The Morgan fingerprint density at radius 3 is 2.32 bits per heavy atom. The van der Waals surface area contributed by atoms with E-state index in [1.165, 1.54) is 0 Å². The van der Waals surface area contributed by atoms with Crippen LogP contribution >= 0.6 is 0 Å². The van der Waals surface area contributed by atoms with Crippen LogP contribution in [0.5, 0.6) is 17.2 Å². The number of carbonyl (C=O) groups excluding carboxylic acids is 2. The summed E-state index contributed by atoms with van der Waals surface area (Å²) in [6, 6.07) is 22.5. The summed E-state index contributed by atoms with van der Waals surface area (Å²) in [4.78, 5) is 24.6. The second-order valence-corrected chi connectivity index (χ2v) is 7.03. The molecule has 0 aliphatic rings. The number of Topliss-reactive ketones (excluding diaryl/α,β-unsaturated/α-hetero) is 1. The molecule has 160 valence electrons. The molecule has 0 amide bonds. The summed E-state index contributed by atoms with van der Waals surface area (Å²) in [6.07, 6.45) is 0.0576. The normalized spacial score (nSPS) is 10.4. The number of para-hydroxylation sites is 1. The number of benzene rings is 3. The van der Waals surface area contributed by atoms with E-state index in [0.717, 1.165) is 11.1 Å². The van der Waals surface area contributed by atoms with E-state index in [9.17, 15) is 9.59 Å². The monoisotopic (exact) mass is 418 g/mol. The Kier molecular flexibility index (Phi) is 7.82. The molecule has 5 heteroatoms. The van der Waals surface area contributed by atoms with E-state index < -0.39 is 5.97 Å². The number of aryl methyl sites for hydroxylation is 1. The van der Waals surface area contributed by atoms with Crippen molar-refractivity contribution in [1.82, 2.24) is 0 Å². The van der Waals surface area contributed by atoms with Crippen LogP contribution in [0.3, 0.4) is 0 Å². The second-order valence-electron chi connectivity index (χ2n) is 7.03. The minimum atomic E-state index is -0.394. The van der Waals surface area contributed by atoms with Gasteiger partial charge < -0.3 is 14.2 Å². The Morgan fingerprint density at radius 2 is 1.58 bits per heavy atom. The zero-order valence-corrected chi connectivity index (χ0v) is 17.8. The Hall–Kier alpha value is -3.60. The Balaban J connectivity index is 1.81. The maximum atomic E-state index is 12.9. The van der Waals surface area contributed by atoms with Crippen molar-refractivity contribution in [1.29, 1.82) is 0 Å². The van der Waals surface area contributed by atoms with Crippen LogP contribution in [0.1, 0.15) is 41.3 Å². The van der Waals surface area contributed by atoms with Gasteiger partial charge in [0.15, 0.2) is 5.78 Å². The SMILES string of the molecule is CCOC(=O)CCC(=O)c1cc(Oc2ccccc2C)ccc1OCc1ccccc1. The largest absolute Gasteiger partial charge is 0.488 e. The van der Waals surface area contributed by atoms with E-state index >= 15 is 0 Å². The Labute approximate surface area is 182 Å². The predicted molar refractivity (Wildman–Crippen MR) is 119 cm³/mol. The average Bonchev–Trinajstić information content (AvgIpc) is 2.79. The van der Waals surface area contributed by atoms with E-state index in [2.05, 4.69) is 0 Å². The molecule has 0 saturated heterocycles. The molecule has 0 fully saturated rings. The molecule has 0 atom stereocenters. The molecule has 5 nitrogen and oxygen atoms in total. The van der Waals surface area contributed by atoms with E-state index in [0.29, 0.717) is 29.4 Å². The molecule has 0 aromatic heterocycles. The number of hydrogen-bond donors (Lipinski definition) is 0. The zero-order chi connectivity index (χ0) is 22.1. The number of rotatable bonds is 10. The van der Waals surface area contributed by atoms with Crippen LogP contribution in [-0.2, 0) is 16.1 Å². The van der Waals surface area contributed by atoms with Gasteiger partial charge in [-0.25, -0.2) is 0 Å². The first-order valence-electron chi connectivity index (χ1n) is 10.3. The molecule has 3 aromatic rings. The summed E-state index contributed by atoms with van der Waals surface area (Å²) in [5, 5.41) is 0. The molecular weight excluding hydrogens is 392 g/mol. The average molecular weight is 418 g/mol. The highest BCUT2D eigenvalue weighted by Gasteiger charge is 2.17. The van der Waals surface area contributed by atoms with Crippen LogP contribution < -0.4 is 9.47 Å². The highest BCUT2D eigenvalue weighted by molar-refractivity contribution is 6.00. The van der Waals surface area contributed by atoms with Gasteiger partial charge in [-0.05, 0) is 49.2 Å². The maximum absolute atomic E-state index is 12.9. The third-order valence-electron chi connectivity index (χ3n) is 4.67. The molecule has 0 spiro atoms. The topological polar surface area (TPSA) is 61.8 Å². The molecule has 0 aliphatic heterocycles. The number of ether oxygens (including phenoxy) is 3. The van der Waals surface area contributed by atoms with Gasteiger partial charge in [0, 0.05) is 6.42 Å². The van der Waals surface area contributed by atoms with Crippen LogP contribution in [0.4, 0.5) is 0 Å². The molecule has 0 radical (unpaired) electrons. The van der Waals surface area contributed by atoms with E-state index in [-0.39, 0.29) is 25.2 Å². The quantitative estimate of drug-likeness (QED) is 0.303. The van der Waals surface area contributed by atoms with Crippen molar-refractivity contribution in [2.75, 3.05) is 6.61 Å². The van der Waals surface area contributed by atoms with Gasteiger partial charge in [-0.2, -0.15) is 0 Å². The first kappa shape index (κ1) is 22.1. The van der Waals surface area contributed by atoms with E-state index in [1.807, 2.05) is 61.5 Å². The fourth-order valence-corrected chi connectivity index (χ4v) is 3.03. The van der Waals surface area contributed by atoms with Crippen molar-refractivity contribution < 1.29 is 23.8 Å². The van der Waals surface area contributed by atoms with Gasteiger partial charge in [-0.15, -0.1) is 0 Å². The number of ketones is 1. The fourth-order valence-electron chi connectivity index (χ4n) is 3.03. The summed E-state index contributed by atoms with van der Waals surface area (Å²) < 4.78 is 16.9. The van der Waals surface area contributed by atoms with Crippen molar-refractivity contribution in [3.63, 3.8) is 0 Å². The fraction of sp³-hybridized carbons (Fsp3) is 0.231. The van der Waals surface area contributed by atoms with E-state index in [1.54, 1.807) is 25.1 Å². The maximum Gasteiger partial charge on any atom is 0.306 e. The van der Waals surface area contributed by atoms with Gasteiger partial charge >= 0.3 is 5.97 Å². The van der Waals surface area contributed by atoms with Gasteiger partial charge in [-0.1, -0.05) is 48.5 Å². The minimum absolute atomic E-state index is 0.0215. The summed E-state index contributed by atoms with van der Waals surface area (Å²) in [5.74, 6) is 1.10. The summed E-state index contributed by atoms with van der Waals surface area (Å²) in [7, 11) is 0. The molecule has 0 heterocycles. The smallest absolute Gasteiger partial charge is 0.306 e. The highest BCUT2D eigenvalue weighted by Crippen LogP contribution is 2.31. The lowest BCUT2D eigenvalue weighted by atomic mass is 10.0. The zero-order valence-electron chi connectivity index (χ0n) is 17.8. The predicted octanol–water partition coefficient (Wildman–Crippen LogP) is 5.89. The third kappa shape index (κ3) is 6.44. The summed E-state index contributed by atoms with van der Waals surface area (Å²) in [6.45, 7) is 4.31. The highest BCUT2D eigenvalue weighted by atomic mass is 16.5. The number of carbonyl (C=O) groups is 2. The summed E-state index contributed by atoms with van der Waals surface area (Å²) >= 11 is 0. The summed E-state index contributed by atoms with van der Waals surface area (Å²) in [5.41, 5.74) is 2.36. The number of hydrogen-bond acceptors (Lipinski definition) is 5. The standard InChI is InChI=1S/C26H26O5/c1-3-29-26(28)16-14-23(27)22-17-21(31-24-12-8-7-9-19(24)2)13-15-25(22)30-18-20-10-5-4-6-11-20/h4-13,15,17H,3,14,16,18H2,1-2H3. The molecule has 0 N–H and O–H groups in total. The Morgan fingerprint density at radius 1 is 0.839 bits per heavy atom.